The van der Waals surface area contributed by atoms with Gasteiger partial charge in [-0.2, -0.15) is 13.2 Å². The van der Waals surface area contributed by atoms with Crippen molar-refractivity contribution in [2.24, 2.45) is 7.05 Å². The summed E-state index contributed by atoms with van der Waals surface area (Å²) < 4.78 is 39.1. The molecule has 0 aliphatic carbocycles. The van der Waals surface area contributed by atoms with E-state index < -0.39 is 11.9 Å². The lowest BCUT2D eigenvalue weighted by molar-refractivity contribution is -0.140. The number of anilines is 1. The van der Waals surface area contributed by atoms with Crippen molar-refractivity contribution in [1.82, 2.24) is 9.55 Å². The first-order valence-corrected chi connectivity index (χ1v) is 5.76. The number of carbonyl (C=O) groups is 1. The quantitative estimate of drug-likeness (QED) is 0.920. The van der Waals surface area contributed by atoms with Crippen molar-refractivity contribution >= 4 is 11.6 Å². The molecular formula is C13H12F3N3O. The summed E-state index contributed by atoms with van der Waals surface area (Å²) in [5.74, 6) is 0.000740. The molecular weight excluding hydrogens is 271 g/mol. The molecule has 0 saturated carbocycles. The number of benzene rings is 1. The predicted molar refractivity (Wildman–Crippen MR) is 67.9 cm³/mol. The van der Waals surface area contributed by atoms with Gasteiger partial charge in [-0.25, -0.2) is 4.98 Å². The molecule has 1 aromatic heterocycles. The van der Waals surface area contributed by atoms with E-state index in [1.54, 1.807) is 24.3 Å². The summed E-state index contributed by atoms with van der Waals surface area (Å²) in [6, 6.07) is 6.43. The maximum absolute atomic E-state index is 12.6. The fourth-order valence-corrected chi connectivity index (χ4v) is 1.78. The van der Waals surface area contributed by atoms with Crippen LogP contribution in [-0.4, -0.2) is 15.5 Å². The minimum atomic E-state index is -4.47. The van der Waals surface area contributed by atoms with Gasteiger partial charge in [0.2, 0.25) is 5.91 Å². The van der Waals surface area contributed by atoms with Crippen molar-refractivity contribution in [3.05, 3.63) is 36.2 Å². The smallest absolute Gasteiger partial charge is 0.333 e. The molecule has 0 spiro atoms. The molecule has 0 atom stereocenters. The van der Waals surface area contributed by atoms with Crippen molar-refractivity contribution in [2.45, 2.75) is 13.1 Å². The molecule has 0 saturated heterocycles. The predicted octanol–water partition coefficient (Wildman–Crippen LogP) is 3.06. The maximum Gasteiger partial charge on any atom is 0.434 e. The summed E-state index contributed by atoms with van der Waals surface area (Å²) in [5.41, 5.74) is 0.185. The van der Waals surface area contributed by atoms with Crippen LogP contribution in [0.1, 0.15) is 12.6 Å². The summed E-state index contributed by atoms with van der Waals surface area (Å²) in [6.45, 7) is 1.38. The van der Waals surface area contributed by atoms with Crippen molar-refractivity contribution in [1.29, 1.82) is 0 Å². The average Bonchev–Trinajstić information content (AvgIpc) is 2.71. The highest BCUT2D eigenvalue weighted by Gasteiger charge is 2.34. The topological polar surface area (TPSA) is 46.9 Å². The van der Waals surface area contributed by atoms with E-state index in [0.717, 1.165) is 6.20 Å². The van der Waals surface area contributed by atoms with Crippen LogP contribution in [0.15, 0.2) is 30.5 Å². The molecule has 1 aromatic carbocycles. The molecule has 106 valence electrons. The molecule has 0 unspecified atom stereocenters. The largest absolute Gasteiger partial charge is 0.434 e. The van der Waals surface area contributed by atoms with Gasteiger partial charge < -0.3 is 9.88 Å². The second-order valence-electron chi connectivity index (χ2n) is 4.32. The Balaban J connectivity index is 2.32. The molecule has 0 fully saturated rings. The van der Waals surface area contributed by atoms with E-state index in [1.165, 1.54) is 18.5 Å². The standard InChI is InChI=1S/C13H12F3N3O/c1-8(20)17-10-5-3-9(4-6-10)12-18-11(7-19(12)2)13(14,15)16/h3-7H,1-2H3,(H,17,20). The van der Waals surface area contributed by atoms with Crippen molar-refractivity contribution in [3.63, 3.8) is 0 Å². The molecule has 0 aliphatic heterocycles. The molecule has 1 N–H and O–H groups in total. The number of aryl methyl sites for hydroxylation is 1. The number of halogens is 3. The summed E-state index contributed by atoms with van der Waals surface area (Å²) in [5, 5.41) is 2.58. The minimum absolute atomic E-state index is 0.214. The van der Waals surface area contributed by atoms with Crippen LogP contribution >= 0.6 is 0 Å². The van der Waals surface area contributed by atoms with Gasteiger partial charge in [-0.1, -0.05) is 0 Å². The minimum Gasteiger partial charge on any atom is -0.333 e. The Bertz CT molecular complexity index is 629. The number of nitrogens with zero attached hydrogens (tertiary/aromatic N) is 2. The monoisotopic (exact) mass is 283 g/mol. The van der Waals surface area contributed by atoms with Crippen molar-refractivity contribution < 1.29 is 18.0 Å². The highest BCUT2D eigenvalue weighted by Crippen LogP contribution is 2.30. The molecule has 20 heavy (non-hydrogen) atoms. The van der Waals surface area contributed by atoms with E-state index in [4.69, 9.17) is 0 Å². The molecule has 0 radical (unpaired) electrons. The third-order valence-corrected chi connectivity index (χ3v) is 2.63. The number of carbonyl (C=O) groups excluding carboxylic acids is 1. The van der Waals surface area contributed by atoms with Crippen LogP contribution in [0.2, 0.25) is 0 Å². The van der Waals surface area contributed by atoms with E-state index >= 15 is 0 Å². The molecule has 2 rings (SSSR count). The van der Waals surface area contributed by atoms with Crippen LogP contribution < -0.4 is 5.32 Å². The molecule has 0 aliphatic rings. The number of aromatic nitrogens is 2. The van der Waals surface area contributed by atoms with Gasteiger partial charge in [0, 0.05) is 31.4 Å². The second kappa shape index (κ2) is 4.99. The van der Waals surface area contributed by atoms with Crippen LogP contribution in [0.4, 0.5) is 18.9 Å². The summed E-state index contributed by atoms with van der Waals surface area (Å²) in [4.78, 5) is 14.5. The van der Waals surface area contributed by atoms with Gasteiger partial charge in [-0.3, -0.25) is 4.79 Å². The van der Waals surface area contributed by atoms with Crippen LogP contribution in [0.3, 0.4) is 0 Å². The first kappa shape index (κ1) is 14.1. The molecule has 1 heterocycles. The third kappa shape index (κ3) is 2.98. The number of hydrogen-bond acceptors (Lipinski definition) is 2. The first-order valence-electron chi connectivity index (χ1n) is 5.76. The lowest BCUT2D eigenvalue weighted by Gasteiger charge is -2.04. The van der Waals surface area contributed by atoms with Gasteiger partial charge in [-0.15, -0.1) is 0 Å². The highest BCUT2D eigenvalue weighted by atomic mass is 19.4. The molecule has 0 bridgehead atoms. The van der Waals surface area contributed by atoms with E-state index in [1.807, 2.05) is 0 Å². The normalized spacial score (nSPS) is 11.4. The Hall–Kier alpha value is -2.31. The number of hydrogen-bond donors (Lipinski definition) is 1. The van der Waals surface area contributed by atoms with Crippen LogP contribution in [0.25, 0.3) is 11.4 Å². The van der Waals surface area contributed by atoms with Crippen LogP contribution in [0.5, 0.6) is 0 Å². The van der Waals surface area contributed by atoms with Gasteiger partial charge in [0.15, 0.2) is 5.69 Å². The van der Waals surface area contributed by atoms with Crippen molar-refractivity contribution in [3.8, 4) is 11.4 Å². The first-order chi connectivity index (χ1) is 9.27. The third-order valence-electron chi connectivity index (χ3n) is 2.63. The van der Waals surface area contributed by atoms with E-state index in [9.17, 15) is 18.0 Å². The number of nitrogens with one attached hydrogen (secondary N) is 1. The molecule has 1 amide bonds. The average molecular weight is 283 g/mol. The number of imidazole rings is 1. The molecule has 7 heteroatoms. The fraction of sp³-hybridized carbons (Fsp3) is 0.231. The maximum atomic E-state index is 12.6. The Kier molecular flexibility index (Phi) is 3.52. The molecule has 4 nitrogen and oxygen atoms in total. The zero-order valence-electron chi connectivity index (χ0n) is 10.8. The Morgan fingerprint density at radius 2 is 1.85 bits per heavy atom. The van der Waals surface area contributed by atoms with Gasteiger partial charge in [0.1, 0.15) is 5.82 Å². The number of amides is 1. The highest BCUT2D eigenvalue weighted by molar-refractivity contribution is 5.88. The summed E-state index contributed by atoms with van der Waals surface area (Å²) >= 11 is 0. The zero-order chi connectivity index (χ0) is 14.9. The SMILES string of the molecule is CC(=O)Nc1ccc(-c2nc(C(F)(F)F)cn2C)cc1. The summed E-state index contributed by atoms with van der Waals surface area (Å²) in [6.07, 6.45) is -3.52. The fourth-order valence-electron chi connectivity index (χ4n) is 1.78. The van der Waals surface area contributed by atoms with E-state index in [0.29, 0.717) is 11.3 Å². The Morgan fingerprint density at radius 3 is 2.30 bits per heavy atom. The van der Waals surface area contributed by atoms with Gasteiger partial charge in [-0.05, 0) is 24.3 Å². The van der Waals surface area contributed by atoms with E-state index in [2.05, 4.69) is 10.3 Å². The zero-order valence-corrected chi connectivity index (χ0v) is 10.8. The Morgan fingerprint density at radius 1 is 1.25 bits per heavy atom. The van der Waals surface area contributed by atoms with Gasteiger partial charge >= 0.3 is 6.18 Å². The summed E-state index contributed by atoms with van der Waals surface area (Å²) in [7, 11) is 1.50. The van der Waals surface area contributed by atoms with Crippen LogP contribution in [-0.2, 0) is 18.0 Å². The van der Waals surface area contributed by atoms with Gasteiger partial charge in [0.25, 0.3) is 0 Å². The number of alkyl halides is 3. The number of rotatable bonds is 2. The van der Waals surface area contributed by atoms with E-state index in [-0.39, 0.29) is 11.7 Å². The molecule has 2 aromatic rings. The van der Waals surface area contributed by atoms with Gasteiger partial charge in [0.05, 0.1) is 0 Å². The lowest BCUT2D eigenvalue weighted by atomic mass is 10.2. The van der Waals surface area contributed by atoms with Crippen molar-refractivity contribution in [2.75, 3.05) is 5.32 Å². The second-order valence-corrected chi connectivity index (χ2v) is 4.32. The lowest BCUT2D eigenvalue weighted by Crippen LogP contribution is -2.05. The van der Waals surface area contributed by atoms with Crippen LogP contribution in [0, 0.1) is 0 Å². The Labute approximate surface area is 113 Å².